The Morgan fingerprint density at radius 3 is 2.50 bits per heavy atom. The monoisotopic (exact) mass is 168 g/mol. The van der Waals surface area contributed by atoms with Crippen LogP contribution in [0.15, 0.2) is 24.3 Å². The molecule has 0 amide bonds. The molecule has 0 fully saturated rings. The van der Waals surface area contributed by atoms with Crippen molar-refractivity contribution in [3.8, 4) is 0 Å². The van der Waals surface area contributed by atoms with Gasteiger partial charge in [0.1, 0.15) is 6.17 Å². The van der Waals surface area contributed by atoms with E-state index >= 15 is 0 Å². The molecule has 0 spiro atoms. The van der Waals surface area contributed by atoms with Crippen molar-refractivity contribution in [2.75, 3.05) is 0 Å². The van der Waals surface area contributed by atoms with Crippen LogP contribution in [0.3, 0.4) is 0 Å². The Bertz CT molecular complexity index is 294. The van der Waals surface area contributed by atoms with Gasteiger partial charge in [-0.2, -0.15) is 0 Å². The fraction of sp³-hybridized carbons (Fsp3) is 0.222. The van der Waals surface area contributed by atoms with Crippen LogP contribution in [-0.2, 0) is 0 Å². The molecule has 64 valence electrons. The summed E-state index contributed by atoms with van der Waals surface area (Å²) in [5, 5.41) is 8.65. The number of alkyl halides is 1. The van der Waals surface area contributed by atoms with Crippen molar-refractivity contribution >= 4 is 5.97 Å². The number of aromatic carboxylic acids is 1. The van der Waals surface area contributed by atoms with E-state index in [2.05, 4.69) is 0 Å². The van der Waals surface area contributed by atoms with Gasteiger partial charge in [-0.05, 0) is 13.0 Å². The Balaban J connectivity index is 3.17. The molecule has 0 radical (unpaired) electrons. The van der Waals surface area contributed by atoms with Gasteiger partial charge in [-0.25, -0.2) is 9.18 Å². The van der Waals surface area contributed by atoms with Crippen LogP contribution < -0.4 is 0 Å². The predicted octanol–water partition coefficient (Wildman–Crippen LogP) is 2.42. The van der Waals surface area contributed by atoms with E-state index in [4.69, 9.17) is 5.11 Å². The van der Waals surface area contributed by atoms with Gasteiger partial charge in [0.15, 0.2) is 0 Å². The molecule has 3 heteroatoms. The highest BCUT2D eigenvalue weighted by Gasteiger charge is 2.13. The topological polar surface area (TPSA) is 37.3 Å². The number of carbonyl (C=O) groups is 1. The molecule has 1 atom stereocenters. The fourth-order valence-electron chi connectivity index (χ4n) is 1.04. The molecular weight excluding hydrogens is 159 g/mol. The third kappa shape index (κ3) is 1.61. The number of carboxylic acid groups (broad SMARTS) is 1. The zero-order valence-electron chi connectivity index (χ0n) is 6.62. The highest BCUT2D eigenvalue weighted by molar-refractivity contribution is 5.89. The van der Waals surface area contributed by atoms with Crippen molar-refractivity contribution < 1.29 is 14.3 Å². The summed E-state index contributed by atoms with van der Waals surface area (Å²) in [7, 11) is 0. The van der Waals surface area contributed by atoms with E-state index < -0.39 is 12.1 Å². The normalized spacial score (nSPS) is 12.5. The molecule has 0 aliphatic heterocycles. The summed E-state index contributed by atoms with van der Waals surface area (Å²) in [5.74, 6) is -1.09. The molecule has 0 heterocycles. The second-order valence-electron chi connectivity index (χ2n) is 2.51. The van der Waals surface area contributed by atoms with Crippen molar-refractivity contribution in [1.82, 2.24) is 0 Å². The van der Waals surface area contributed by atoms with Crippen LogP contribution in [0.5, 0.6) is 0 Å². The minimum atomic E-state index is -1.24. The van der Waals surface area contributed by atoms with E-state index in [9.17, 15) is 9.18 Å². The maximum absolute atomic E-state index is 12.8. The van der Waals surface area contributed by atoms with E-state index in [0.29, 0.717) is 0 Å². The van der Waals surface area contributed by atoms with Crippen LogP contribution in [0.4, 0.5) is 4.39 Å². The summed E-state index contributed by atoms with van der Waals surface area (Å²) in [6.45, 7) is 1.32. The molecule has 1 aromatic carbocycles. The maximum atomic E-state index is 12.8. The van der Waals surface area contributed by atoms with Crippen LogP contribution in [0, 0.1) is 0 Å². The number of halogens is 1. The molecule has 1 rings (SSSR count). The minimum Gasteiger partial charge on any atom is -0.478 e. The first-order valence-electron chi connectivity index (χ1n) is 3.59. The van der Waals surface area contributed by atoms with E-state index in [1.165, 1.54) is 19.1 Å². The van der Waals surface area contributed by atoms with Gasteiger partial charge in [-0.15, -0.1) is 0 Å². The molecule has 1 N–H and O–H groups in total. The summed E-state index contributed by atoms with van der Waals surface area (Å²) in [5.41, 5.74) is 0.262. The summed E-state index contributed by atoms with van der Waals surface area (Å²) in [4.78, 5) is 10.6. The van der Waals surface area contributed by atoms with Crippen LogP contribution in [-0.4, -0.2) is 11.1 Å². The summed E-state index contributed by atoms with van der Waals surface area (Å²) in [6.07, 6.45) is -1.24. The second-order valence-corrected chi connectivity index (χ2v) is 2.51. The Labute approximate surface area is 69.6 Å². The third-order valence-corrected chi connectivity index (χ3v) is 1.62. The first-order valence-corrected chi connectivity index (χ1v) is 3.59. The van der Waals surface area contributed by atoms with Crippen molar-refractivity contribution in [3.63, 3.8) is 0 Å². The Kier molecular flexibility index (Phi) is 2.43. The highest BCUT2D eigenvalue weighted by atomic mass is 19.1. The lowest BCUT2D eigenvalue weighted by Gasteiger charge is -2.05. The number of carboxylic acids is 1. The molecule has 1 unspecified atom stereocenters. The van der Waals surface area contributed by atoms with E-state index in [-0.39, 0.29) is 11.1 Å². The van der Waals surface area contributed by atoms with Crippen molar-refractivity contribution in [2.45, 2.75) is 13.1 Å². The molecule has 0 bridgehead atoms. The lowest BCUT2D eigenvalue weighted by atomic mass is 10.0. The summed E-state index contributed by atoms with van der Waals surface area (Å²) >= 11 is 0. The van der Waals surface area contributed by atoms with Gasteiger partial charge in [-0.3, -0.25) is 0 Å². The molecule has 0 aliphatic rings. The largest absolute Gasteiger partial charge is 0.478 e. The van der Waals surface area contributed by atoms with Crippen molar-refractivity contribution in [2.24, 2.45) is 0 Å². The van der Waals surface area contributed by atoms with Gasteiger partial charge < -0.3 is 5.11 Å². The molecule has 2 nitrogen and oxygen atoms in total. The van der Waals surface area contributed by atoms with Crippen molar-refractivity contribution in [1.29, 1.82) is 0 Å². The van der Waals surface area contributed by atoms with E-state index in [1.807, 2.05) is 0 Å². The average Bonchev–Trinajstić information content (AvgIpc) is 2.04. The summed E-state index contributed by atoms with van der Waals surface area (Å²) in [6, 6.07) is 6.08. The van der Waals surface area contributed by atoms with Gasteiger partial charge in [0.05, 0.1) is 5.56 Å². The molecule has 0 aliphatic carbocycles. The quantitative estimate of drug-likeness (QED) is 0.736. The Morgan fingerprint density at radius 1 is 1.50 bits per heavy atom. The molecule has 0 saturated heterocycles. The smallest absolute Gasteiger partial charge is 0.336 e. The first kappa shape index (κ1) is 8.71. The van der Waals surface area contributed by atoms with E-state index in [1.54, 1.807) is 12.1 Å². The highest BCUT2D eigenvalue weighted by Crippen LogP contribution is 2.20. The predicted molar refractivity (Wildman–Crippen MR) is 42.9 cm³/mol. The summed E-state index contributed by atoms with van der Waals surface area (Å²) < 4.78 is 12.8. The van der Waals surface area contributed by atoms with E-state index in [0.717, 1.165) is 0 Å². The van der Waals surface area contributed by atoms with Gasteiger partial charge in [0.25, 0.3) is 0 Å². The Hall–Kier alpha value is -1.38. The zero-order valence-corrected chi connectivity index (χ0v) is 6.62. The van der Waals surface area contributed by atoms with Gasteiger partial charge in [0.2, 0.25) is 0 Å². The number of hydrogen-bond acceptors (Lipinski definition) is 1. The number of benzene rings is 1. The van der Waals surface area contributed by atoms with Crippen molar-refractivity contribution in [3.05, 3.63) is 35.4 Å². The van der Waals surface area contributed by atoms with Gasteiger partial charge in [0, 0.05) is 5.56 Å². The second kappa shape index (κ2) is 3.34. The first-order chi connectivity index (χ1) is 5.63. The van der Waals surface area contributed by atoms with Crippen LogP contribution in [0.2, 0.25) is 0 Å². The average molecular weight is 168 g/mol. The number of rotatable bonds is 2. The van der Waals surface area contributed by atoms with Gasteiger partial charge >= 0.3 is 5.97 Å². The zero-order chi connectivity index (χ0) is 9.14. The Morgan fingerprint density at radius 2 is 2.08 bits per heavy atom. The minimum absolute atomic E-state index is 0.0347. The van der Waals surface area contributed by atoms with Gasteiger partial charge in [-0.1, -0.05) is 18.2 Å². The fourth-order valence-corrected chi connectivity index (χ4v) is 1.04. The molecular formula is C9H9FO2. The van der Waals surface area contributed by atoms with Crippen LogP contribution in [0.25, 0.3) is 0 Å². The molecule has 0 saturated carbocycles. The molecule has 0 aromatic heterocycles. The number of hydrogen-bond donors (Lipinski definition) is 1. The lowest BCUT2D eigenvalue weighted by molar-refractivity contribution is 0.0693. The third-order valence-electron chi connectivity index (χ3n) is 1.62. The SMILES string of the molecule is CC(F)c1ccccc1C(=O)O. The molecule has 12 heavy (non-hydrogen) atoms. The van der Waals surface area contributed by atoms with Crippen LogP contribution in [0.1, 0.15) is 29.0 Å². The lowest BCUT2D eigenvalue weighted by Crippen LogP contribution is -2.02. The standard InChI is InChI=1S/C9H9FO2/c1-6(10)7-4-2-3-5-8(7)9(11)12/h2-6H,1H3,(H,11,12). The van der Waals surface area contributed by atoms with Crippen LogP contribution >= 0.6 is 0 Å². The maximum Gasteiger partial charge on any atom is 0.336 e. The molecule has 1 aromatic rings.